The minimum absolute atomic E-state index is 0.0810. The minimum Gasteiger partial charge on any atom is -0.480 e. The van der Waals surface area contributed by atoms with Crippen LogP contribution in [0.25, 0.3) is 0 Å². The molecule has 110 valence electrons. The zero-order chi connectivity index (χ0) is 14.5. The average Bonchev–Trinajstić information content (AvgIpc) is 2.46. The van der Waals surface area contributed by atoms with E-state index in [4.69, 9.17) is 10.5 Å². The molecule has 1 heterocycles. The molecule has 0 radical (unpaired) electrons. The number of amides is 1. The number of piperazine rings is 1. The molecule has 0 saturated carbocycles. The molecule has 1 amide bonds. The molecule has 0 unspecified atom stereocenters. The summed E-state index contributed by atoms with van der Waals surface area (Å²) in [4.78, 5) is 15.9. The highest BCUT2D eigenvalue weighted by Gasteiger charge is 2.20. The van der Waals surface area contributed by atoms with E-state index in [1.54, 1.807) is 17.0 Å². The number of para-hydroxylation sites is 1. The highest BCUT2D eigenvalue weighted by molar-refractivity contribution is 5.78. The first-order chi connectivity index (χ1) is 9.61. The summed E-state index contributed by atoms with van der Waals surface area (Å²) in [5.74, 6) is -0.527. The predicted molar refractivity (Wildman–Crippen MR) is 73.9 cm³/mol. The summed E-state index contributed by atoms with van der Waals surface area (Å²) < 4.78 is 19.0. The number of hydrogen-bond donors (Lipinski definition) is 1. The zero-order valence-electron chi connectivity index (χ0n) is 11.6. The van der Waals surface area contributed by atoms with Gasteiger partial charge in [-0.05, 0) is 13.1 Å². The molecule has 0 aromatic heterocycles. The van der Waals surface area contributed by atoms with Crippen molar-refractivity contribution in [2.24, 2.45) is 5.73 Å². The lowest BCUT2D eigenvalue weighted by Gasteiger charge is -2.32. The van der Waals surface area contributed by atoms with E-state index in [0.29, 0.717) is 18.7 Å². The second kappa shape index (κ2) is 6.67. The molecule has 1 aromatic carbocycles. The van der Waals surface area contributed by atoms with Gasteiger partial charge in [0, 0.05) is 38.3 Å². The van der Waals surface area contributed by atoms with Crippen molar-refractivity contribution in [1.82, 2.24) is 9.80 Å². The number of benzene rings is 1. The molecular weight excluding hydrogens is 261 g/mol. The van der Waals surface area contributed by atoms with Gasteiger partial charge in [-0.3, -0.25) is 4.79 Å². The first-order valence-corrected chi connectivity index (χ1v) is 6.68. The van der Waals surface area contributed by atoms with E-state index in [0.717, 1.165) is 13.1 Å². The van der Waals surface area contributed by atoms with Crippen LogP contribution in [0.2, 0.25) is 0 Å². The number of carbonyl (C=O) groups is 1. The Morgan fingerprint density at radius 1 is 1.35 bits per heavy atom. The average molecular weight is 281 g/mol. The smallest absolute Gasteiger partial charge is 0.260 e. The van der Waals surface area contributed by atoms with Crippen LogP contribution in [-0.2, 0) is 11.3 Å². The molecular formula is C14H20FN3O2. The van der Waals surface area contributed by atoms with Crippen molar-refractivity contribution in [1.29, 1.82) is 0 Å². The summed E-state index contributed by atoms with van der Waals surface area (Å²) in [6, 6.07) is 4.57. The predicted octanol–water partition coefficient (Wildman–Crippen LogP) is 0.437. The van der Waals surface area contributed by atoms with Crippen molar-refractivity contribution in [2.45, 2.75) is 6.54 Å². The summed E-state index contributed by atoms with van der Waals surface area (Å²) in [6.07, 6.45) is 0. The maximum Gasteiger partial charge on any atom is 0.260 e. The number of nitrogens with zero attached hydrogens (tertiary/aromatic N) is 2. The van der Waals surface area contributed by atoms with Crippen LogP contribution in [0.4, 0.5) is 4.39 Å². The van der Waals surface area contributed by atoms with Crippen molar-refractivity contribution in [3.63, 3.8) is 0 Å². The third-order valence-corrected chi connectivity index (χ3v) is 3.46. The summed E-state index contributed by atoms with van der Waals surface area (Å²) in [6.45, 7) is 3.08. The second-order valence-electron chi connectivity index (χ2n) is 4.90. The Morgan fingerprint density at radius 2 is 2.05 bits per heavy atom. The molecule has 1 saturated heterocycles. The molecule has 2 rings (SSSR count). The Bertz CT molecular complexity index is 473. The monoisotopic (exact) mass is 281 g/mol. The van der Waals surface area contributed by atoms with Gasteiger partial charge in [0.2, 0.25) is 0 Å². The van der Waals surface area contributed by atoms with Crippen molar-refractivity contribution in [3.05, 3.63) is 29.6 Å². The molecule has 6 heteroatoms. The van der Waals surface area contributed by atoms with Crippen molar-refractivity contribution in [3.8, 4) is 5.75 Å². The van der Waals surface area contributed by atoms with Crippen molar-refractivity contribution < 1.29 is 13.9 Å². The van der Waals surface area contributed by atoms with Gasteiger partial charge in [0.25, 0.3) is 5.91 Å². The Morgan fingerprint density at radius 3 is 2.70 bits per heavy atom. The van der Waals surface area contributed by atoms with Crippen LogP contribution in [0, 0.1) is 5.82 Å². The Kier molecular flexibility index (Phi) is 4.92. The number of rotatable bonds is 4. The van der Waals surface area contributed by atoms with E-state index in [9.17, 15) is 9.18 Å². The highest BCUT2D eigenvalue weighted by atomic mass is 19.1. The van der Waals surface area contributed by atoms with Crippen LogP contribution in [0.3, 0.4) is 0 Å². The van der Waals surface area contributed by atoms with Gasteiger partial charge < -0.3 is 20.3 Å². The summed E-state index contributed by atoms with van der Waals surface area (Å²) in [7, 11) is 2.02. The molecule has 1 aromatic rings. The molecule has 1 fully saturated rings. The van der Waals surface area contributed by atoms with Crippen LogP contribution in [-0.4, -0.2) is 55.5 Å². The van der Waals surface area contributed by atoms with Crippen LogP contribution >= 0.6 is 0 Å². The fraction of sp³-hybridized carbons (Fsp3) is 0.500. The van der Waals surface area contributed by atoms with E-state index < -0.39 is 5.82 Å². The van der Waals surface area contributed by atoms with E-state index in [1.165, 1.54) is 6.07 Å². The van der Waals surface area contributed by atoms with Gasteiger partial charge >= 0.3 is 0 Å². The standard InChI is InChI=1S/C14H20FN3O2/c1-17-5-7-18(8-6-17)13(19)10-20-14-11(9-16)3-2-4-12(14)15/h2-4H,5-10,16H2,1H3. The number of nitrogens with two attached hydrogens (primary N) is 1. The lowest BCUT2D eigenvalue weighted by Crippen LogP contribution is -2.48. The maximum absolute atomic E-state index is 13.7. The van der Waals surface area contributed by atoms with Gasteiger partial charge in [-0.15, -0.1) is 0 Å². The Hall–Kier alpha value is -1.66. The molecule has 0 atom stereocenters. The fourth-order valence-corrected chi connectivity index (χ4v) is 2.16. The number of halogens is 1. The highest BCUT2D eigenvalue weighted by Crippen LogP contribution is 2.22. The lowest BCUT2D eigenvalue weighted by molar-refractivity contribution is -0.134. The van der Waals surface area contributed by atoms with Gasteiger partial charge in [0.15, 0.2) is 18.2 Å². The second-order valence-corrected chi connectivity index (χ2v) is 4.90. The topological polar surface area (TPSA) is 58.8 Å². The maximum atomic E-state index is 13.7. The number of ether oxygens (including phenoxy) is 1. The molecule has 0 spiro atoms. The van der Waals surface area contributed by atoms with E-state index in [1.807, 2.05) is 7.05 Å². The summed E-state index contributed by atoms with van der Waals surface area (Å²) in [5, 5.41) is 0. The molecule has 0 aliphatic carbocycles. The van der Waals surface area contributed by atoms with Gasteiger partial charge in [-0.1, -0.05) is 12.1 Å². The Balaban J connectivity index is 1.93. The summed E-state index contributed by atoms with van der Waals surface area (Å²) in [5.41, 5.74) is 6.10. The van der Waals surface area contributed by atoms with Crippen LogP contribution in [0.15, 0.2) is 18.2 Å². The molecule has 5 nitrogen and oxygen atoms in total. The van der Waals surface area contributed by atoms with Gasteiger partial charge in [-0.2, -0.15) is 0 Å². The van der Waals surface area contributed by atoms with E-state index >= 15 is 0 Å². The van der Waals surface area contributed by atoms with Gasteiger partial charge in [0.05, 0.1) is 0 Å². The number of carbonyl (C=O) groups excluding carboxylic acids is 1. The van der Waals surface area contributed by atoms with Crippen molar-refractivity contribution >= 4 is 5.91 Å². The first-order valence-electron chi connectivity index (χ1n) is 6.68. The molecule has 1 aliphatic heterocycles. The SMILES string of the molecule is CN1CCN(C(=O)COc2c(F)cccc2CN)CC1. The van der Waals surface area contributed by atoms with Gasteiger partial charge in [0.1, 0.15) is 0 Å². The van der Waals surface area contributed by atoms with Gasteiger partial charge in [-0.25, -0.2) is 4.39 Å². The molecule has 0 bridgehead atoms. The molecule has 1 aliphatic rings. The minimum atomic E-state index is -0.487. The third kappa shape index (κ3) is 3.46. The first kappa shape index (κ1) is 14.7. The number of likely N-dealkylation sites (N-methyl/N-ethyl adjacent to an activating group) is 1. The van der Waals surface area contributed by atoms with E-state index in [2.05, 4.69) is 4.90 Å². The van der Waals surface area contributed by atoms with E-state index in [-0.39, 0.29) is 24.8 Å². The zero-order valence-corrected chi connectivity index (χ0v) is 11.6. The lowest BCUT2D eigenvalue weighted by atomic mass is 10.2. The van der Waals surface area contributed by atoms with Crippen molar-refractivity contribution in [2.75, 3.05) is 39.8 Å². The largest absolute Gasteiger partial charge is 0.480 e. The molecule has 20 heavy (non-hydrogen) atoms. The van der Waals surface area contributed by atoms with Crippen LogP contribution < -0.4 is 10.5 Å². The Labute approximate surface area is 118 Å². The fourth-order valence-electron chi connectivity index (χ4n) is 2.16. The van der Waals surface area contributed by atoms with Crippen LogP contribution in [0.1, 0.15) is 5.56 Å². The number of hydrogen-bond acceptors (Lipinski definition) is 4. The quantitative estimate of drug-likeness (QED) is 0.870. The third-order valence-electron chi connectivity index (χ3n) is 3.46. The molecule has 2 N–H and O–H groups in total. The van der Waals surface area contributed by atoms with Crippen LogP contribution in [0.5, 0.6) is 5.75 Å². The summed E-state index contributed by atoms with van der Waals surface area (Å²) >= 11 is 0. The normalized spacial score (nSPS) is 16.2.